The maximum absolute atomic E-state index is 4.54. The first-order valence-corrected chi connectivity index (χ1v) is 10.3. The molecule has 0 unspecified atom stereocenters. The van der Waals surface area contributed by atoms with Gasteiger partial charge < -0.3 is 9.88 Å². The standard InChI is InChI=1S/C21H27N7.ClH/c1-2-4-17(5-3-1)15-27-16-18(12-23-27)14-26-9-6-19(7-10-26)21-25-24-20-13-22-8-11-28(20)21;/h1-5,12,16,19,22H,6-11,13-15H2;1H. The van der Waals surface area contributed by atoms with Gasteiger partial charge in [-0.2, -0.15) is 5.10 Å². The number of aromatic nitrogens is 5. The van der Waals surface area contributed by atoms with E-state index < -0.39 is 0 Å². The van der Waals surface area contributed by atoms with Gasteiger partial charge in [0.1, 0.15) is 11.6 Å². The fraction of sp³-hybridized carbons (Fsp3) is 0.476. The van der Waals surface area contributed by atoms with Crippen LogP contribution >= 0.6 is 12.4 Å². The summed E-state index contributed by atoms with van der Waals surface area (Å²) >= 11 is 0. The maximum Gasteiger partial charge on any atom is 0.147 e. The van der Waals surface area contributed by atoms with Crippen LogP contribution in [0.25, 0.3) is 0 Å². The predicted octanol–water partition coefficient (Wildman–Crippen LogP) is 2.43. The van der Waals surface area contributed by atoms with Crippen molar-refractivity contribution < 1.29 is 0 Å². The largest absolute Gasteiger partial charge is 0.312 e. The summed E-state index contributed by atoms with van der Waals surface area (Å²) in [6.45, 7) is 6.88. The number of hydrogen-bond donors (Lipinski definition) is 1. The van der Waals surface area contributed by atoms with Gasteiger partial charge in [0.2, 0.25) is 0 Å². The molecule has 154 valence electrons. The molecule has 7 nitrogen and oxygen atoms in total. The van der Waals surface area contributed by atoms with E-state index in [0.29, 0.717) is 5.92 Å². The van der Waals surface area contributed by atoms with Crippen LogP contribution in [-0.2, 0) is 26.2 Å². The highest BCUT2D eigenvalue weighted by molar-refractivity contribution is 5.85. The second kappa shape index (κ2) is 9.07. The summed E-state index contributed by atoms with van der Waals surface area (Å²) in [5.41, 5.74) is 2.57. The van der Waals surface area contributed by atoms with Crippen molar-refractivity contribution >= 4 is 12.4 Å². The van der Waals surface area contributed by atoms with Crippen molar-refractivity contribution in [3.05, 3.63) is 65.5 Å². The van der Waals surface area contributed by atoms with Crippen LogP contribution in [0.1, 0.15) is 41.5 Å². The molecule has 0 amide bonds. The van der Waals surface area contributed by atoms with Gasteiger partial charge in [-0.1, -0.05) is 30.3 Å². The van der Waals surface area contributed by atoms with Crippen molar-refractivity contribution in [3.63, 3.8) is 0 Å². The average molecular weight is 414 g/mol. The van der Waals surface area contributed by atoms with E-state index in [-0.39, 0.29) is 12.4 Å². The molecule has 0 atom stereocenters. The highest BCUT2D eigenvalue weighted by atomic mass is 35.5. The molecule has 29 heavy (non-hydrogen) atoms. The molecule has 1 N–H and O–H groups in total. The third-order valence-corrected chi connectivity index (χ3v) is 5.88. The van der Waals surface area contributed by atoms with E-state index in [1.807, 2.05) is 16.9 Å². The van der Waals surface area contributed by atoms with Crippen LogP contribution in [0.3, 0.4) is 0 Å². The van der Waals surface area contributed by atoms with E-state index in [9.17, 15) is 0 Å². The lowest BCUT2D eigenvalue weighted by Crippen LogP contribution is -2.34. The average Bonchev–Trinajstić information content (AvgIpc) is 3.36. The predicted molar refractivity (Wildman–Crippen MR) is 114 cm³/mol. The van der Waals surface area contributed by atoms with E-state index in [1.165, 1.54) is 17.0 Å². The molecule has 1 fully saturated rings. The Labute approximate surface area is 177 Å². The minimum Gasteiger partial charge on any atom is -0.312 e. The maximum atomic E-state index is 4.54. The van der Waals surface area contributed by atoms with Crippen molar-refractivity contribution in [2.45, 2.75) is 44.9 Å². The minimum atomic E-state index is 0. The Bertz CT molecular complexity index is 912. The molecule has 5 rings (SSSR count). The Morgan fingerprint density at radius 3 is 2.62 bits per heavy atom. The molecule has 0 radical (unpaired) electrons. The lowest BCUT2D eigenvalue weighted by Gasteiger charge is -2.31. The van der Waals surface area contributed by atoms with Crippen molar-refractivity contribution in [2.75, 3.05) is 19.6 Å². The molecule has 2 aromatic heterocycles. The van der Waals surface area contributed by atoms with Gasteiger partial charge in [-0.3, -0.25) is 9.58 Å². The molecule has 0 saturated carbocycles. The zero-order chi connectivity index (χ0) is 18.8. The molecule has 0 bridgehead atoms. The number of rotatable bonds is 5. The lowest BCUT2D eigenvalue weighted by molar-refractivity contribution is 0.199. The monoisotopic (exact) mass is 413 g/mol. The third kappa shape index (κ3) is 4.52. The first kappa shape index (κ1) is 20.1. The third-order valence-electron chi connectivity index (χ3n) is 5.88. The van der Waals surface area contributed by atoms with Gasteiger partial charge in [0.25, 0.3) is 0 Å². The lowest BCUT2D eigenvalue weighted by atomic mass is 9.95. The van der Waals surface area contributed by atoms with Crippen LogP contribution in [-0.4, -0.2) is 49.1 Å². The summed E-state index contributed by atoms with van der Waals surface area (Å²) in [7, 11) is 0. The van der Waals surface area contributed by atoms with Crippen molar-refractivity contribution in [2.24, 2.45) is 0 Å². The highest BCUT2D eigenvalue weighted by Gasteiger charge is 2.27. The van der Waals surface area contributed by atoms with Crippen LogP contribution in [0.15, 0.2) is 42.7 Å². The summed E-state index contributed by atoms with van der Waals surface area (Å²) in [6, 6.07) is 10.5. The molecular formula is C21H28ClN7. The Morgan fingerprint density at radius 2 is 1.79 bits per heavy atom. The van der Waals surface area contributed by atoms with Gasteiger partial charge in [-0.15, -0.1) is 22.6 Å². The number of nitrogens with one attached hydrogen (secondary N) is 1. The van der Waals surface area contributed by atoms with Crippen molar-refractivity contribution in [3.8, 4) is 0 Å². The number of likely N-dealkylation sites (tertiary alicyclic amines) is 1. The molecule has 2 aliphatic rings. The van der Waals surface area contributed by atoms with Gasteiger partial charge in [0.15, 0.2) is 0 Å². The summed E-state index contributed by atoms with van der Waals surface area (Å²) in [5, 5.41) is 16.8. The van der Waals surface area contributed by atoms with Gasteiger partial charge >= 0.3 is 0 Å². The summed E-state index contributed by atoms with van der Waals surface area (Å²) in [4.78, 5) is 2.54. The summed E-state index contributed by atoms with van der Waals surface area (Å²) < 4.78 is 4.37. The SMILES string of the molecule is Cl.c1ccc(Cn2cc(CN3CCC(c4nnc5n4CCNC5)CC3)cn2)cc1. The molecule has 1 aromatic carbocycles. The van der Waals surface area contributed by atoms with Gasteiger partial charge in [-0.25, -0.2) is 0 Å². The number of benzene rings is 1. The van der Waals surface area contributed by atoms with Crippen LogP contribution in [0, 0.1) is 0 Å². The molecule has 2 aliphatic heterocycles. The first-order valence-electron chi connectivity index (χ1n) is 10.3. The number of hydrogen-bond acceptors (Lipinski definition) is 5. The van der Waals surface area contributed by atoms with Crippen molar-refractivity contribution in [1.29, 1.82) is 0 Å². The minimum absolute atomic E-state index is 0. The number of fused-ring (bicyclic) bond motifs is 1. The normalized spacial score (nSPS) is 17.7. The van der Waals surface area contributed by atoms with Gasteiger partial charge in [-0.05, 0) is 31.5 Å². The van der Waals surface area contributed by atoms with Gasteiger partial charge in [0, 0.05) is 37.3 Å². The van der Waals surface area contributed by atoms with Crippen LogP contribution in [0.2, 0.25) is 0 Å². The van der Waals surface area contributed by atoms with Crippen LogP contribution in [0.4, 0.5) is 0 Å². The van der Waals surface area contributed by atoms with E-state index in [0.717, 1.165) is 64.5 Å². The Kier molecular flexibility index (Phi) is 6.28. The van der Waals surface area contributed by atoms with Crippen molar-refractivity contribution in [1.82, 2.24) is 34.8 Å². The molecule has 1 saturated heterocycles. The zero-order valence-corrected chi connectivity index (χ0v) is 17.4. The molecule has 3 aromatic rings. The molecular weight excluding hydrogens is 386 g/mol. The smallest absolute Gasteiger partial charge is 0.147 e. The molecule has 0 aliphatic carbocycles. The van der Waals surface area contributed by atoms with E-state index in [2.05, 4.69) is 60.5 Å². The summed E-state index contributed by atoms with van der Waals surface area (Å²) in [6.07, 6.45) is 6.51. The fourth-order valence-corrected chi connectivity index (χ4v) is 4.37. The Hall–Kier alpha value is -2.22. The summed E-state index contributed by atoms with van der Waals surface area (Å²) in [5.74, 6) is 2.83. The molecule has 4 heterocycles. The van der Waals surface area contributed by atoms with Crippen LogP contribution < -0.4 is 5.32 Å². The highest BCUT2D eigenvalue weighted by Crippen LogP contribution is 2.28. The Balaban J connectivity index is 0.00000205. The van der Waals surface area contributed by atoms with Gasteiger partial charge in [0.05, 0.1) is 19.3 Å². The topological polar surface area (TPSA) is 63.8 Å². The first-order chi connectivity index (χ1) is 13.8. The molecule has 8 heteroatoms. The Morgan fingerprint density at radius 1 is 0.966 bits per heavy atom. The van der Waals surface area contributed by atoms with E-state index in [4.69, 9.17) is 0 Å². The number of nitrogens with zero attached hydrogens (tertiary/aromatic N) is 6. The van der Waals surface area contributed by atoms with Crippen LogP contribution in [0.5, 0.6) is 0 Å². The molecule has 0 spiro atoms. The number of piperidine rings is 1. The number of halogens is 1. The van der Waals surface area contributed by atoms with E-state index in [1.54, 1.807) is 0 Å². The van der Waals surface area contributed by atoms with E-state index >= 15 is 0 Å². The second-order valence-corrected chi connectivity index (χ2v) is 7.89. The quantitative estimate of drug-likeness (QED) is 0.696. The second-order valence-electron chi connectivity index (χ2n) is 7.89. The fourth-order valence-electron chi connectivity index (χ4n) is 4.37. The zero-order valence-electron chi connectivity index (χ0n) is 16.6.